The van der Waals surface area contributed by atoms with E-state index in [1.54, 1.807) is 24.4 Å². The quantitative estimate of drug-likeness (QED) is 0.886. The predicted octanol–water partition coefficient (Wildman–Crippen LogP) is 2.69. The van der Waals surface area contributed by atoms with E-state index in [0.29, 0.717) is 16.6 Å². The molecule has 2 rings (SSSR count). The molecule has 110 valence electrons. The van der Waals surface area contributed by atoms with Crippen molar-refractivity contribution >= 4 is 28.3 Å². The Morgan fingerprint density at radius 2 is 2.19 bits per heavy atom. The van der Waals surface area contributed by atoms with Gasteiger partial charge in [-0.25, -0.2) is 9.78 Å². The molecule has 1 amide bonds. The lowest BCUT2D eigenvalue weighted by molar-refractivity contribution is -0.114. The van der Waals surface area contributed by atoms with Crippen molar-refractivity contribution in [3.05, 3.63) is 40.4 Å². The number of thiazole rings is 1. The number of carbonyl (C=O) groups is 2. The number of benzene rings is 1. The first kappa shape index (κ1) is 15.0. The van der Waals surface area contributed by atoms with E-state index in [2.05, 4.69) is 10.3 Å². The molecule has 0 bridgehead atoms. The molecular weight excluding hydrogens is 292 g/mol. The summed E-state index contributed by atoms with van der Waals surface area (Å²) < 4.78 is 5.58. The molecule has 21 heavy (non-hydrogen) atoms. The van der Waals surface area contributed by atoms with Gasteiger partial charge < -0.3 is 15.2 Å². The Kier molecular flexibility index (Phi) is 4.54. The van der Waals surface area contributed by atoms with Crippen LogP contribution in [0.15, 0.2) is 23.6 Å². The van der Waals surface area contributed by atoms with Crippen molar-refractivity contribution in [1.82, 2.24) is 4.98 Å². The van der Waals surface area contributed by atoms with Gasteiger partial charge in [-0.3, -0.25) is 4.79 Å². The van der Waals surface area contributed by atoms with Gasteiger partial charge in [0.1, 0.15) is 17.9 Å². The summed E-state index contributed by atoms with van der Waals surface area (Å²) in [6.07, 6.45) is 0. The van der Waals surface area contributed by atoms with Gasteiger partial charge in [-0.05, 0) is 18.6 Å². The number of carboxylic acids is 1. The fraction of sp³-hybridized carbons (Fsp3) is 0.214. The Labute approximate surface area is 125 Å². The molecule has 0 saturated carbocycles. The highest BCUT2D eigenvalue weighted by Gasteiger charge is 2.14. The van der Waals surface area contributed by atoms with Gasteiger partial charge in [0, 0.05) is 12.3 Å². The normalized spacial score (nSPS) is 10.2. The van der Waals surface area contributed by atoms with E-state index in [1.807, 2.05) is 0 Å². The van der Waals surface area contributed by atoms with Crippen molar-refractivity contribution in [1.29, 1.82) is 0 Å². The summed E-state index contributed by atoms with van der Waals surface area (Å²) in [6.45, 7) is 3.33. The monoisotopic (exact) mass is 306 g/mol. The summed E-state index contributed by atoms with van der Waals surface area (Å²) in [5, 5.41) is 14.0. The lowest BCUT2D eigenvalue weighted by Crippen LogP contribution is -2.07. The Bertz CT molecular complexity index is 681. The number of aromatic carboxylic acids is 1. The highest BCUT2D eigenvalue weighted by Crippen LogP contribution is 2.25. The number of hydrogen-bond acceptors (Lipinski definition) is 5. The van der Waals surface area contributed by atoms with Crippen LogP contribution < -0.4 is 10.1 Å². The lowest BCUT2D eigenvalue weighted by atomic mass is 10.1. The van der Waals surface area contributed by atoms with E-state index in [-0.39, 0.29) is 18.1 Å². The van der Waals surface area contributed by atoms with Gasteiger partial charge in [-0.1, -0.05) is 12.1 Å². The molecule has 0 radical (unpaired) electrons. The van der Waals surface area contributed by atoms with Crippen molar-refractivity contribution in [3.8, 4) is 5.75 Å². The fourth-order valence-electron chi connectivity index (χ4n) is 1.74. The SMILES string of the molecule is CC(=O)Nc1nc(COc2c(C)cccc2C(=O)O)cs1. The van der Waals surface area contributed by atoms with Gasteiger partial charge in [0.25, 0.3) is 0 Å². The molecule has 2 N–H and O–H groups in total. The van der Waals surface area contributed by atoms with Crippen LogP contribution in [0.4, 0.5) is 5.13 Å². The van der Waals surface area contributed by atoms with Crippen LogP contribution in [0.25, 0.3) is 0 Å². The standard InChI is InChI=1S/C14H14N2O4S/c1-8-4-3-5-11(13(18)19)12(8)20-6-10-7-21-14(16-10)15-9(2)17/h3-5,7H,6H2,1-2H3,(H,18,19)(H,15,16,17). The van der Waals surface area contributed by atoms with Crippen molar-refractivity contribution < 1.29 is 19.4 Å². The number of hydrogen-bond donors (Lipinski definition) is 2. The average molecular weight is 306 g/mol. The minimum Gasteiger partial charge on any atom is -0.486 e. The summed E-state index contributed by atoms with van der Waals surface area (Å²) in [4.78, 5) is 26.3. The number of nitrogens with zero attached hydrogens (tertiary/aromatic N) is 1. The minimum atomic E-state index is -1.04. The third-order valence-electron chi connectivity index (χ3n) is 2.64. The molecule has 0 spiro atoms. The summed E-state index contributed by atoms with van der Waals surface area (Å²) in [7, 11) is 0. The second kappa shape index (κ2) is 6.36. The van der Waals surface area contributed by atoms with Gasteiger partial charge in [-0.15, -0.1) is 11.3 Å². The minimum absolute atomic E-state index is 0.118. The molecule has 0 aliphatic rings. The molecule has 1 aromatic heterocycles. The van der Waals surface area contributed by atoms with E-state index < -0.39 is 5.97 Å². The van der Waals surface area contributed by atoms with Crippen molar-refractivity contribution in [3.63, 3.8) is 0 Å². The topological polar surface area (TPSA) is 88.5 Å². The maximum Gasteiger partial charge on any atom is 0.339 e. The van der Waals surface area contributed by atoms with Crippen LogP contribution in [0.2, 0.25) is 0 Å². The molecule has 7 heteroatoms. The van der Waals surface area contributed by atoms with Crippen LogP contribution in [-0.2, 0) is 11.4 Å². The van der Waals surface area contributed by atoms with Crippen molar-refractivity contribution in [2.75, 3.05) is 5.32 Å². The second-order valence-corrected chi connectivity index (χ2v) is 5.23. The zero-order chi connectivity index (χ0) is 15.4. The number of amides is 1. The number of ether oxygens (including phenoxy) is 1. The first-order chi connectivity index (χ1) is 9.97. The van der Waals surface area contributed by atoms with Crippen LogP contribution >= 0.6 is 11.3 Å². The number of carbonyl (C=O) groups excluding carboxylic acids is 1. The predicted molar refractivity (Wildman–Crippen MR) is 78.9 cm³/mol. The average Bonchev–Trinajstić information content (AvgIpc) is 2.83. The zero-order valence-corrected chi connectivity index (χ0v) is 12.4. The van der Waals surface area contributed by atoms with Crippen molar-refractivity contribution in [2.45, 2.75) is 20.5 Å². The Morgan fingerprint density at radius 3 is 2.86 bits per heavy atom. The van der Waals surface area contributed by atoms with Gasteiger partial charge in [0.05, 0.1) is 5.69 Å². The molecule has 1 heterocycles. The summed E-state index contributed by atoms with van der Waals surface area (Å²) >= 11 is 1.29. The number of nitrogens with one attached hydrogen (secondary N) is 1. The van der Waals surface area contributed by atoms with E-state index in [9.17, 15) is 9.59 Å². The molecule has 1 aromatic carbocycles. The van der Waals surface area contributed by atoms with E-state index in [4.69, 9.17) is 9.84 Å². The third kappa shape index (κ3) is 3.79. The molecule has 0 saturated heterocycles. The maximum absolute atomic E-state index is 11.2. The van der Waals surface area contributed by atoms with Gasteiger partial charge in [0.2, 0.25) is 5.91 Å². The lowest BCUT2D eigenvalue weighted by Gasteiger charge is -2.10. The third-order valence-corrected chi connectivity index (χ3v) is 3.45. The van der Waals surface area contributed by atoms with E-state index in [0.717, 1.165) is 5.56 Å². The first-order valence-electron chi connectivity index (χ1n) is 6.15. The number of anilines is 1. The van der Waals surface area contributed by atoms with Crippen LogP contribution in [0.3, 0.4) is 0 Å². The number of aryl methyl sites for hydroxylation is 1. The smallest absolute Gasteiger partial charge is 0.339 e. The fourth-order valence-corrected chi connectivity index (χ4v) is 2.48. The highest BCUT2D eigenvalue weighted by molar-refractivity contribution is 7.13. The molecule has 0 aliphatic carbocycles. The number of aromatic nitrogens is 1. The van der Waals surface area contributed by atoms with Gasteiger partial charge >= 0.3 is 5.97 Å². The molecule has 2 aromatic rings. The summed E-state index contributed by atoms with van der Waals surface area (Å²) in [6, 6.07) is 4.95. The molecule has 6 nitrogen and oxygen atoms in total. The summed E-state index contributed by atoms with van der Waals surface area (Å²) in [5.74, 6) is -0.895. The number of carboxylic acid groups (broad SMARTS) is 1. The number of para-hydroxylation sites is 1. The van der Waals surface area contributed by atoms with Crippen LogP contribution in [-0.4, -0.2) is 22.0 Å². The van der Waals surface area contributed by atoms with Crippen LogP contribution in [0, 0.1) is 6.92 Å². The maximum atomic E-state index is 11.2. The molecule has 0 fully saturated rings. The molecule has 0 unspecified atom stereocenters. The molecular formula is C14H14N2O4S. The van der Waals surface area contributed by atoms with E-state index in [1.165, 1.54) is 24.3 Å². The highest BCUT2D eigenvalue weighted by atomic mass is 32.1. The largest absolute Gasteiger partial charge is 0.486 e. The van der Waals surface area contributed by atoms with E-state index >= 15 is 0 Å². The number of rotatable bonds is 5. The van der Waals surface area contributed by atoms with Crippen molar-refractivity contribution in [2.24, 2.45) is 0 Å². The Morgan fingerprint density at radius 1 is 1.43 bits per heavy atom. The summed E-state index contributed by atoms with van der Waals surface area (Å²) in [5.41, 5.74) is 1.49. The van der Waals surface area contributed by atoms with Crippen LogP contribution in [0.5, 0.6) is 5.75 Å². The van der Waals surface area contributed by atoms with Gasteiger partial charge in [0.15, 0.2) is 5.13 Å². The Hall–Kier alpha value is -2.41. The first-order valence-corrected chi connectivity index (χ1v) is 7.03. The Balaban J connectivity index is 2.11. The zero-order valence-electron chi connectivity index (χ0n) is 11.5. The molecule has 0 atom stereocenters. The van der Waals surface area contributed by atoms with Gasteiger partial charge in [-0.2, -0.15) is 0 Å². The van der Waals surface area contributed by atoms with Crippen LogP contribution in [0.1, 0.15) is 28.5 Å². The second-order valence-electron chi connectivity index (χ2n) is 4.37. The molecule has 0 aliphatic heterocycles.